The van der Waals surface area contributed by atoms with Gasteiger partial charge in [0.1, 0.15) is 40.5 Å². The van der Waals surface area contributed by atoms with E-state index in [1.807, 2.05) is 0 Å². The summed E-state index contributed by atoms with van der Waals surface area (Å²) >= 11 is -2.67. The van der Waals surface area contributed by atoms with Crippen molar-refractivity contribution in [1.29, 1.82) is 0 Å². The Morgan fingerprint density at radius 1 is 0.905 bits per heavy atom. The zero-order valence-electron chi connectivity index (χ0n) is 23.0. The van der Waals surface area contributed by atoms with Crippen LogP contribution >= 0.6 is 0 Å². The Labute approximate surface area is 246 Å². The molecule has 1 unspecified atom stereocenters. The molecule has 3 aromatic rings. The van der Waals surface area contributed by atoms with E-state index in [9.17, 15) is 21.7 Å². The maximum absolute atomic E-state index is 12.8. The number of hydrogen-bond acceptors (Lipinski definition) is 7. The van der Waals surface area contributed by atoms with Crippen LogP contribution in [0.2, 0.25) is 0 Å². The molecular weight excluding hydrogens is 576 g/mol. The van der Waals surface area contributed by atoms with Gasteiger partial charge in [-0.1, -0.05) is 0 Å². The van der Waals surface area contributed by atoms with Crippen LogP contribution < -0.4 is 29.0 Å². The van der Waals surface area contributed by atoms with Crippen LogP contribution in [0.15, 0.2) is 35.2 Å². The predicted molar refractivity (Wildman–Crippen MR) is 156 cm³/mol. The largest absolute Gasteiger partial charge is 0.744 e. The highest BCUT2D eigenvalue weighted by atomic mass is 32.2. The Bertz CT molecular complexity index is 1960. The fraction of sp³-hybridized carbons (Fsp3) is 0.387. The van der Waals surface area contributed by atoms with Gasteiger partial charge in [-0.25, -0.2) is 13.0 Å². The van der Waals surface area contributed by atoms with Gasteiger partial charge >= 0.3 is 11.4 Å². The minimum atomic E-state index is -5.00. The van der Waals surface area contributed by atoms with Gasteiger partial charge in [0.2, 0.25) is 5.36 Å². The average Bonchev–Trinajstić information content (AvgIpc) is 2.96. The van der Waals surface area contributed by atoms with Gasteiger partial charge in [0.15, 0.2) is 0 Å². The van der Waals surface area contributed by atoms with E-state index in [2.05, 4.69) is 21.6 Å². The van der Waals surface area contributed by atoms with Crippen LogP contribution in [-0.2, 0) is 47.2 Å². The van der Waals surface area contributed by atoms with Gasteiger partial charge in [0, 0.05) is 70.7 Å². The third kappa shape index (κ3) is 4.05. The summed E-state index contributed by atoms with van der Waals surface area (Å²) in [6.07, 6.45) is 7.63. The molecule has 1 N–H and O–H groups in total. The molecule has 5 aliphatic heterocycles. The van der Waals surface area contributed by atoms with Gasteiger partial charge in [0.05, 0.1) is 10.5 Å². The van der Waals surface area contributed by atoms with E-state index in [0.29, 0.717) is 5.57 Å². The molecule has 0 bridgehead atoms. The molecule has 42 heavy (non-hydrogen) atoms. The lowest BCUT2D eigenvalue weighted by molar-refractivity contribution is 0.431. The minimum absolute atomic E-state index is 0.172. The number of anilines is 1. The molecule has 0 amide bonds. The second-order valence-electron chi connectivity index (χ2n) is 11.8. The normalized spacial score (nSPS) is 19.2. The van der Waals surface area contributed by atoms with Crippen molar-refractivity contribution < 1.29 is 30.7 Å². The summed E-state index contributed by atoms with van der Waals surface area (Å²) in [6.45, 7) is 4.02. The predicted octanol–water partition coefficient (Wildman–Crippen LogP) is 2.54. The fourth-order valence-electron chi connectivity index (χ4n) is 7.85. The quantitative estimate of drug-likeness (QED) is 0.214. The average molecular weight is 607 g/mol. The van der Waals surface area contributed by atoms with Crippen molar-refractivity contribution in [3.8, 4) is 17.2 Å². The number of nitrogens with zero attached hydrogens (tertiary/aromatic N) is 2. The summed E-state index contributed by atoms with van der Waals surface area (Å²) in [5.74, 6) is 1.32. The van der Waals surface area contributed by atoms with E-state index in [1.165, 1.54) is 34.3 Å². The van der Waals surface area contributed by atoms with Gasteiger partial charge in [-0.15, -0.1) is 0 Å². The maximum atomic E-state index is 12.8. The van der Waals surface area contributed by atoms with E-state index in [0.717, 1.165) is 117 Å². The Kier molecular flexibility index (Phi) is 6.05. The highest BCUT2D eigenvalue weighted by molar-refractivity contribution is 7.85. The van der Waals surface area contributed by atoms with E-state index >= 15 is 0 Å². The van der Waals surface area contributed by atoms with E-state index in [4.69, 9.17) is 8.92 Å². The summed E-state index contributed by atoms with van der Waals surface area (Å²) in [5.41, 5.74) is 7.67. The summed E-state index contributed by atoms with van der Waals surface area (Å²) < 4.78 is 73.2. The first-order chi connectivity index (χ1) is 20.3. The molecule has 0 radical (unpaired) electrons. The van der Waals surface area contributed by atoms with Crippen LogP contribution in [0.4, 0.5) is 5.69 Å². The molecule has 11 heteroatoms. The van der Waals surface area contributed by atoms with Crippen molar-refractivity contribution in [1.82, 2.24) is 4.58 Å². The topological polar surface area (TPSA) is 119 Å². The van der Waals surface area contributed by atoms with E-state index in [-0.39, 0.29) is 11.3 Å². The summed E-state index contributed by atoms with van der Waals surface area (Å²) in [4.78, 5) is 1.96. The Balaban J connectivity index is 1.52. The Morgan fingerprint density at radius 3 is 2.43 bits per heavy atom. The van der Waals surface area contributed by atoms with Crippen LogP contribution in [0, 0.1) is 0 Å². The first-order valence-corrected chi connectivity index (χ1v) is 17.0. The van der Waals surface area contributed by atoms with Crippen molar-refractivity contribution in [3.63, 3.8) is 0 Å². The second-order valence-corrected chi connectivity index (χ2v) is 13.7. The Hall–Kier alpha value is -3.25. The number of rotatable bonds is 4. The molecule has 218 valence electrons. The first kappa shape index (κ1) is 26.4. The van der Waals surface area contributed by atoms with Crippen molar-refractivity contribution in [2.75, 3.05) is 31.1 Å². The maximum Gasteiger partial charge on any atom is 0.357 e. The summed E-state index contributed by atoms with van der Waals surface area (Å²) in [7, 11) is -5.00. The molecule has 0 saturated carbocycles. The monoisotopic (exact) mass is 606 g/mol. The van der Waals surface area contributed by atoms with Crippen LogP contribution in [-0.4, -0.2) is 47.9 Å². The Morgan fingerprint density at radius 2 is 1.64 bits per heavy atom. The summed E-state index contributed by atoms with van der Waals surface area (Å²) in [5, 5.41) is 2.04. The molecule has 0 saturated heterocycles. The van der Waals surface area contributed by atoms with E-state index < -0.39 is 26.4 Å². The number of aryl methyl sites for hydroxylation is 2. The zero-order valence-corrected chi connectivity index (χ0v) is 24.6. The SMILES string of the molecule is O=S(O)Oc1ccc(C2=c3cc4c5c(c3Oc3c2cc2c6c3CCCN6CCC2)CCC[N+]=5CCC4)c(S(=O)(=O)[O-])c1. The highest BCUT2D eigenvalue weighted by Gasteiger charge is 2.36. The lowest BCUT2D eigenvalue weighted by atomic mass is 9.82. The lowest BCUT2D eigenvalue weighted by Gasteiger charge is -2.39. The van der Waals surface area contributed by atoms with Crippen molar-refractivity contribution in [2.24, 2.45) is 0 Å². The van der Waals surface area contributed by atoms with Crippen molar-refractivity contribution >= 4 is 32.7 Å². The van der Waals surface area contributed by atoms with Crippen molar-refractivity contribution in [2.45, 2.75) is 56.3 Å². The smallest absolute Gasteiger partial charge is 0.357 e. The van der Waals surface area contributed by atoms with E-state index in [1.54, 1.807) is 0 Å². The standard InChI is InChI=1S/C31H30N2O7S2/c34-41(35)40-20-9-10-21(26(17-20)42(36,37)38)27-24-15-18-5-1-11-32-13-3-7-22(28(18)32)30(24)39-31-23-8-4-14-33-12-2-6-19(29(23)33)16-25(27)31/h9-10,15-17H,1-8,11-14H2,(H-,34,35,36,37,38). The molecule has 8 rings (SSSR count). The van der Waals surface area contributed by atoms with Gasteiger partial charge in [0.25, 0.3) is 0 Å². The van der Waals surface area contributed by atoms with Crippen LogP contribution in [0.25, 0.3) is 5.57 Å². The third-order valence-corrected chi connectivity index (χ3v) is 10.6. The molecule has 0 fully saturated rings. The van der Waals surface area contributed by atoms with Gasteiger partial charge in [-0.2, -0.15) is 4.21 Å². The minimum Gasteiger partial charge on any atom is -0.744 e. The molecule has 3 aromatic carbocycles. The van der Waals surface area contributed by atoms with Gasteiger partial charge < -0.3 is 18.4 Å². The van der Waals surface area contributed by atoms with Gasteiger partial charge in [-0.05, 0) is 68.4 Å². The molecule has 5 aliphatic rings. The van der Waals surface area contributed by atoms with Crippen molar-refractivity contribution in [3.05, 3.63) is 74.3 Å². The molecule has 0 aromatic heterocycles. The molecule has 5 heterocycles. The number of ether oxygens (including phenoxy) is 1. The molecule has 0 aliphatic carbocycles. The lowest BCUT2D eigenvalue weighted by Crippen LogP contribution is -2.45. The zero-order chi connectivity index (χ0) is 28.7. The van der Waals surface area contributed by atoms with Gasteiger partial charge in [-0.3, -0.25) is 4.55 Å². The van der Waals surface area contributed by atoms with Crippen LogP contribution in [0.3, 0.4) is 0 Å². The second kappa shape index (κ2) is 9.63. The number of benzene rings is 3. The molecule has 1 atom stereocenters. The summed E-state index contributed by atoms with van der Waals surface area (Å²) in [6, 6.07) is 8.29. The first-order valence-electron chi connectivity index (χ1n) is 14.6. The molecule has 0 spiro atoms. The highest BCUT2D eigenvalue weighted by Crippen LogP contribution is 2.49. The number of fused-ring (bicyclic) bond motifs is 4. The number of hydrogen-bond donors (Lipinski definition) is 1. The third-order valence-electron chi connectivity index (χ3n) is 9.35. The molecule has 9 nitrogen and oxygen atoms in total. The van der Waals surface area contributed by atoms with Crippen LogP contribution in [0.1, 0.15) is 59.1 Å². The molecular formula is C31H30N2O7S2. The van der Waals surface area contributed by atoms with Crippen LogP contribution in [0.5, 0.6) is 17.2 Å². The fourth-order valence-corrected chi connectivity index (χ4v) is 8.82.